The minimum Gasteiger partial charge on any atom is -0.711 e. The molecule has 0 N–H and O–H groups in total. The van der Waals surface area contributed by atoms with Crippen LogP contribution >= 0.6 is 0 Å². The number of aromatic nitrogens is 2. The van der Waals surface area contributed by atoms with Gasteiger partial charge in [0.2, 0.25) is 0 Å². The van der Waals surface area contributed by atoms with Crippen molar-refractivity contribution in [3.8, 4) is 11.5 Å². The quantitative estimate of drug-likeness (QED) is 0.563. The summed E-state index contributed by atoms with van der Waals surface area (Å²) in [6.45, 7) is 1.74. The molecule has 0 amide bonds. The normalized spacial score (nSPS) is 10.4. The maximum atomic E-state index is 11.4. The fraction of sp³-hybridized carbons (Fsp3) is 0.273. The molecule has 1 heterocycles. The van der Waals surface area contributed by atoms with Crippen LogP contribution in [0.3, 0.4) is 0 Å². The van der Waals surface area contributed by atoms with Crippen molar-refractivity contribution < 1.29 is 14.2 Å². The number of hydrogen-bond donors (Lipinski definition) is 0. The Hall–Kier alpha value is -2.04. The number of methoxy groups -OCH3 is 2. The van der Waals surface area contributed by atoms with Crippen molar-refractivity contribution >= 4 is 10.9 Å². The lowest BCUT2D eigenvalue weighted by Crippen LogP contribution is -2.30. The summed E-state index contributed by atoms with van der Waals surface area (Å²) in [5.74, 6) is 1.19. The van der Waals surface area contributed by atoms with E-state index < -0.39 is 0 Å². The lowest BCUT2D eigenvalue weighted by Gasteiger charge is -2.10. The topological polar surface area (TPSA) is 58.3 Å². The highest BCUT2D eigenvalue weighted by Gasteiger charge is 2.13. The Labute approximate surface area is 92.8 Å². The van der Waals surface area contributed by atoms with Gasteiger partial charge in [-0.25, -0.2) is 4.73 Å². The molecule has 84 valence electrons. The van der Waals surface area contributed by atoms with Gasteiger partial charge in [-0.1, -0.05) is 0 Å². The standard InChI is InChI=1S/C11H12N2O3/c1-7-8-4-10(15-2)11(16-3)5-9(8)12-6-13(7)14/h4-6H,1-3H3. The summed E-state index contributed by atoms with van der Waals surface area (Å²) in [4.78, 5) is 4.04. The highest BCUT2D eigenvalue weighted by atomic mass is 16.5. The van der Waals surface area contributed by atoms with Crippen molar-refractivity contribution in [2.24, 2.45) is 0 Å². The summed E-state index contributed by atoms with van der Waals surface area (Å²) in [7, 11) is 3.12. The van der Waals surface area contributed by atoms with E-state index in [1.54, 1.807) is 33.3 Å². The van der Waals surface area contributed by atoms with Crippen LogP contribution in [0.15, 0.2) is 18.5 Å². The first-order chi connectivity index (χ1) is 7.67. The first-order valence-electron chi connectivity index (χ1n) is 4.78. The van der Waals surface area contributed by atoms with Gasteiger partial charge in [-0.05, 0) is 18.0 Å². The molecule has 2 aromatic rings. The smallest absolute Gasteiger partial charge is 0.290 e. The Balaban J connectivity index is 2.78. The molecule has 0 aliphatic rings. The van der Waals surface area contributed by atoms with Gasteiger partial charge in [0, 0.05) is 6.07 Å². The number of aryl methyl sites for hydroxylation is 1. The molecule has 0 unspecified atom stereocenters. The van der Waals surface area contributed by atoms with Gasteiger partial charge in [0.25, 0.3) is 6.33 Å². The molecule has 0 bridgehead atoms. The second kappa shape index (κ2) is 3.84. The molecule has 0 saturated carbocycles. The Bertz CT molecular complexity index is 540. The van der Waals surface area contributed by atoms with Gasteiger partial charge in [-0.15, -0.1) is 0 Å². The average Bonchev–Trinajstić information content (AvgIpc) is 2.32. The minimum atomic E-state index is 0.589. The van der Waals surface area contributed by atoms with E-state index in [0.29, 0.717) is 22.7 Å². The van der Waals surface area contributed by atoms with Crippen LogP contribution in [-0.2, 0) is 0 Å². The molecule has 1 aromatic heterocycles. The zero-order valence-corrected chi connectivity index (χ0v) is 9.35. The molecule has 2 rings (SSSR count). The predicted molar refractivity (Wildman–Crippen MR) is 58.5 cm³/mol. The molecule has 5 heteroatoms. The Morgan fingerprint density at radius 2 is 1.81 bits per heavy atom. The Kier molecular flexibility index (Phi) is 2.52. The van der Waals surface area contributed by atoms with E-state index in [1.165, 1.54) is 6.33 Å². The van der Waals surface area contributed by atoms with E-state index in [-0.39, 0.29) is 0 Å². The SMILES string of the molecule is COc1cc2nc[n+]([O-])c(C)c2cc1OC. The van der Waals surface area contributed by atoms with Crippen molar-refractivity contribution in [2.75, 3.05) is 14.2 Å². The second-order valence-electron chi connectivity index (χ2n) is 3.38. The van der Waals surface area contributed by atoms with Crippen molar-refractivity contribution in [2.45, 2.75) is 6.92 Å². The van der Waals surface area contributed by atoms with Gasteiger partial charge >= 0.3 is 0 Å². The lowest BCUT2D eigenvalue weighted by atomic mass is 10.2. The largest absolute Gasteiger partial charge is 0.711 e. The summed E-state index contributed by atoms with van der Waals surface area (Å²) in [6.07, 6.45) is 1.24. The van der Waals surface area contributed by atoms with Crippen molar-refractivity contribution in [3.05, 3.63) is 29.4 Å². The maximum Gasteiger partial charge on any atom is 0.290 e. The Morgan fingerprint density at radius 1 is 1.19 bits per heavy atom. The second-order valence-corrected chi connectivity index (χ2v) is 3.38. The van der Waals surface area contributed by atoms with E-state index in [9.17, 15) is 5.21 Å². The number of hydrogen-bond acceptors (Lipinski definition) is 4. The Morgan fingerprint density at radius 3 is 2.44 bits per heavy atom. The van der Waals surface area contributed by atoms with Gasteiger partial charge in [0.05, 0.1) is 19.6 Å². The van der Waals surface area contributed by atoms with Crippen molar-refractivity contribution in [1.82, 2.24) is 4.98 Å². The van der Waals surface area contributed by atoms with Crippen LogP contribution in [-0.4, -0.2) is 19.2 Å². The molecule has 16 heavy (non-hydrogen) atoms. The fourth-order valence-corrected chi connectivity index (χ4v) is 1.58. The monoisotopic (exact) mass is 220 g/mol. The molecule has 0 atom stereocenters. The van der Waals surface area contributed by atoms with E-state index in [0.717, 1.165) is 10.1 Å². The van der Waals surface area contributed by atoms with Gasteiger partial charge in [-0.2, -0.15) is 0 Å². The lowest BCUT2D eigenvalue weighted by molar-refractivity contribution is -0.613. The van der Waals surface area contributed by atoms with Crippen LogP contribution in [0.4, 0.5) is 0 Å². The zero-order chi connectivity index (χ0) is 11.7. The van der Waals surface area contributed by atoms with Crippen molar-refractivity contribution in [3.63, 3.8) is 0 Å². The summed E-state index contributed by atoms with van der Waals surface area (Å²) in [5.41, 5.74) is 1.30. The van der Waals surface area contributed by atoms with Gasteiger partial charge in [0.1, 0.15) is 5.69 Å². The number of benzene rings is 1. The highest BCUT2D eigenvalue weighted by Crippen LogP contribution is 2.31. The first-order valence-corrected chi connectivity index (χ1v) is 4.78. The van der Waals surface area contributed by atoms with Crippen LogP contribution in [0.5, 0.6) is 11.5 Å². The molecule has 0 fully saturated rings. The average molecular weight is 220 g/mol. The molecular weight excluding hydrogens is 208 g/mol. The van der Waals surface area contributed by atoms with Crippen LogP contribution in [0.2, 0.25) is 0 Å². The summed E-state index contributed by atoms with van der Waals surface area (Å²) < 4.78 is 11.1. The molecule has 0 aliphatic heterocycles. The van der Waals surface area contributed by atoms with Gasteiger partial charge < -0.3 is 14.7 Å². The number of nitrogens with zero attached hydrogens (tertiary/aromatic N) is 2. The summed E-state index contributed by atoms with van der Waals surface area (Å²) in [5, 5.41) is 12.1. The van der Waals surface area contributed by atoms with E-state index in [2.05, 4.69) is 4.98 Å². The number of rotatable bonds is 2. The molecule has 0 saturated heterocycles. The van der Waals surface area contributed by atoms with E-state index >= 15 is 0 Å². The third-order valence-corrected chi connectivity index (χ3v) is 2.52. The molecule has 1 aromatic carbocycles. The fourth-order valence-electron chi connectivity index (χ4n) is 1.58. The molecule has 5 nitrogen and oxygen atoms in total. The number of ether oxygens (including phenoxy) is 2. The summed E-state index contributed by atoms with van der Waals surface area (Å²) >= 11 is 0. The van der Waals surface area contributed by atoms with E-state index in [4.69, 9.17) is 9.47 Å². The molecule has 0 radical (unpaired) electrons. The van der Waals surface area contributed by atoms with Gasteiger partial charge in [0.15, 0.2) is 17.0 Å². The zero-order valence-electron chi connectivity index (χ0n) is 9.35. The third kappa shape index (κ3) is 1.50. The van der Waals surface area contributed by atoms with Gasteiger partial charge in [-0.3, -0.25) is 0 Å². The maximum absolute atomic E-state index is 11.4. The van der Waals surface area contributed by atoms with Crippen LogP contribution in [0.1, 0.15) is 5.69 Å². The third-order valence-electron chi connectivity index (χ3n) is 2.52. The van der Waals surface area contributed by atoms with Crippen LogP contribution in [0.25, 0.3) is 10.9 Å². The minimum absolute atomic E-state index is 0.589. The molecular formula is C11H12N2O3. The van der Waals surface area contributed by atoms with Crippen molar-refractivity contribution in [1.29, 1.82) is 0 Å². The molecule has 0 aliphatic carbocycles. The predicted octanol–water partition coefficient (Wildman–Crippen LogP) is 1.19. The number of fused-ring (bicyclic) bond motifs is 1. The molecule has 0 spiro atoms. The highest BCUT2D eigenvalue weighted by molar-refractivity contribution is 5.83. The summed E-state index contributed by atoms with van der Waals surface area (Å²) in [6, 6.07) is 3.51. The van der Waals surface area contributed by atoms with Crippen LogP contribution in [0, 0.1) is 12.1 Å². The van der Waals surface area contributed by atoms with Crippen LogP contribution < -0.4 is 14.2 Å². The first kappa shape index (κ1) is 10.5. The van der Waals surface area contributed by atoms with E-state index in [1.807, 2.05) is 0 Å².